The SMILES string of the molecule is O=C(Nc1cccc(F)c1)Nc1c(O)cccc1[N+](=O)[O-]. The van der Waals surface area contributed by atoms with Gasteiger partial charge in [0, 0.05) is 11.8 Å². The third kappa shape index (κ3) is 3.44. The van der Waals surface area contributed by atoms with Crippen molar-refractivity contribution < 1.29 is 19.2 Å². The summed E-state index contributed by atoms with van der Waals surface area (Å²) in [7, 11) is 0. The largest absolute Gasteiger partial charge is 0.505 e. The van der Waals surface area contributed by atoms with E-state index >= 15 is 0 Å². The first kappa shape index (κ1) is 14.3. The maximum atomic E-state index is 13.0. The molecule has 3 N–H and O–H groups in total. The molecule has 0 fully saturated rings. The van der Waals surface area contributed by atoms with Gasteiger partial charge < -0.3 is 10.4 Å². The number of urea groups is 1. The second-order valence-electron chi connectivity index (χ2n) is 4.02. The first-order valence-electron chi connectivity index (χ1n) is 5.77. The van der Waals surface area contributed by atoms with Crippen molar-refractivity contribution in [2.75, 3.05) is 10.6 Å². The molecule has 2 rings (SSSR count). The number of nitro groups is 1. The van der Waals surface area contributed by atoms with E-state index < -0.39 is 28.2 Å². The van der Waals surface area contributed by atoms with Crippen LogP contribution in [0, 0.1) is 15.9 Å². The molecule has 0 aliphatic carbocycles. The number of amides is 2. The van der Waals surface area contributed by atoms with Crippen LogP contribution in [0.3, 0.4) is 0 Å². The number of phenolic OH excluding ortho intramolecular Hbond substituents is 1. The zero-order chi connectivity index (χ0) is 15.4. The number of phenols is 1. The minimum Gasteiger partial charge on any atom is -0.505 e. The third-order valence-corrected chi connectivity index (χ3v) is 2.54. The molecule has 0 radical (unpaired) electrons. The molecule has 0 atom stereocenters. The van der Waals surface area contributed by atoms with Gasteiger partial charge in [-0.05, 0) is 24.3 Å². The smallest absolute Gasteiger partial charge is 0.323 e. The van der Waals surface area contributed by atoms with Gasteiger partial charge in [0.15, 0.2) is 5.69 Å². The molecular weight excluding hydrogens is 281 g/mol. The quantitative estimate of drug-likeness (QED) is 0.459. The average Bonchev–Trinajstić information content (AvgIpc) is 2.40. The van der Waals surface area contributed by atoms with Gasteiger partial charge in [0.05, 0.1) is 4.92 Å². The van der Waals surface area contributed by atoms with E-state index in [0.717, 1.165) is 12.1 Å². The van der Waals surface area contributed by atoms with Crippen LogP contribution in [0.5, 0.6) is 5.75 Å². The number of nitro benzene ring substituents is 1. The Morgan fingerprint density at radius 1 is 1.19 bits per heavy atom. The van der Waals surface area contributed by atoms with E-state index in [1.807, 2.05) is 0 Å². The highest BCUT2D eigenvalue weighted by Crippen LogP contribution is 2.33. The van der Waals surface area contributed by atoms with Gasteiger partial charge in [0.25, 0.3) is 5.69 Å². The molecule has 0 saturated heterocycles. The number of benzene rings is 2. The normalized spacial score (nSPS) is 9.95. The number of carbonyl (C=O) groups excluding carboxylic acids is 1. The minimum atomic E-state index is -0.842. The summed E-state index contributed by atoms with van der Waals surface area (Å²) in [5, 5.41) is 24.9. The summed E-state index contributed by atoms with van der Waals surface area (Å²) in [5.41, 5.74) is -0.619. The number of carbonyl (C=O) groups is 1. The summed E-state index contributed by atoms with van der Waals surface area (Å²) >= 11 is 0. The summed E-state index contributed by atoms with van der Waals surface area (Å²) in [6.45, 7) is 0. The Morgan fingerprint density at radius 3 is 2.57 bits per heavy atom. The van der Waals surface area contributed by atoms with Crippen molar-refractivity contribution in [2.45, 2.75) is 0 Å². The lowest BCUT2D eigenvalue weighted by Gasteiger charge is -2.09. The molecule has 0 aliphatic rings. The van der Waals surface area contributed by atoms with Crippen LogP contribution in [0.4, 0.5) is 26.2 Å². The third-order valence-electron chi connectivity index (χ3n) is 2.54. The number of aromatic hydroxyl groups is 1. The topological polar surface area (TPSA) is 104 Å². The van der Waals surface area contributed by atoms with Crippen LogP contribution in [0.25, 0.3) is 0 Å². The van der Waals surface area contributed by atoms with E-state index in [9.17, 15) is 24.4 Å². The number of rotatable bonds is 3. The van der Waals surface area contributed by atoms with Crippen molar-refractivity contribution in [1.82, 2.24) is 0 Å². The van der Waals surface area contributed by atoms with Gasteiger partial charge in [-0.15, -0.1) is 0 Å². The van der Waals surface area contributed by atoms with Crippen LogP contribution < -0.4 is 10.6 Å². The number of halogens is 1. The number of para-hydroxylation sites is 1. The van der Waals surface area contributed by atoms with Crippen molar-refractivity contribution in [3.05, 3.63) is 58.4 Å². The first-order chi connectivity index (χ1) is 9.97. The Bertz CT molecular complexity index is 706. The van der Waals surface area contributed by atoms with E-state index in [1.54, 1.807) is 0 Å². The van der Waals surface area contributed by atoms with Gasteiger partial charge in [0.2, 0.25) is 0 Å². The summed E-state index contributed by atoms with van der Waals surface area (Å²) in [5.74, 6) is -0.986. The predicted molar refractivity (Wildman–Crippen MR) is 73.8 cm³/mol. The Labute approximate surface area is 118 Å². The molecule has 0 bridgehead atoms. The van der Waals surface area contributed by atoms with Gasteiger partial charge in [-0.1, -0.05) is 12.1 Å². The van der Waals surface area contributed by atoms with E-state index in [-0.39, 0.29) is 11.4 Å². The number of hydrogen-bond acceptors (Lipinski definition) is 4. The van der Waals surface area contributed by atoms with Gasteiger partial charge in [-0.3, -0.25) is 15.4 Å². The molecule has 0 spiro atoms. The second kappa shape index (κ2) is 5.87. The van der Waals surface area contributed by atoms with Gasteiger partial charge in [-0.25, -0.2) is 9.18 Å². The lowest BCUT2D eigenvalue weighted by atomic mass is 10.2. The van der Waals surface area contributed by atoms with Gasteiger partial charge in [0.1, 0.15) is 11.6 Å². The Balaban J connectivity index is 2.18. The van der Waals surface area contributed by atoms with E-state index in [0.29, 0.717) is 0 Å². The molecule has 2 aromatic rings. The number of anilines is 2. The maximum Gasteiger partial charge on any atom is 0.323 e. The Hall–Kier alpha value is -3.16. The molecule has 7 nitrogen and oxygen atoms in total. The summed E-state index contributed by atoms with van der Waals surface area (Å²) in [6, 6.07) is 7.90. The number of hydrogen-bond donors (Lipinski definition) is 3. The highest BCUT2D eigenvalue weighted by Gasteiger charge is 2.19. The number of nitrogens with one attached hydrogen (secondary N) is 2. The molecule has 0 aliphatic heterocycles. The van der Waals surface area contributed by atoms with Crippen molar-refractivity contribution in [1.29, 1.82) is 0 Å². The van der Waals surface area contributed by atoms with E-state index in [1.165, 1.54) is 30.3 Å². The molecule has 0 saturated carbocycles. The van der Waals surface area contributed by atoms with Crippen molar-refractivity contribution >= 4 is 23.1 Å². The molecule has 0 aromatic heterocycles. The van der Waals surface area contributed by atoms with Crippen molar-refractivity contribution in [3.8, 4) is 5.75 Å². The molecule has 2 amide bonds. The summed E-state index contributed by atoms with van der Waals surface area (Å²) in [6.07, 6.45) is 0. The highest BCUT2D eigenvalue weighted by molar-refractivity contribution is 6.02. The summed E-state index contributed by atoms with van der Waals surface area (Å²) in [4.78, 5) is 21.8. The molecule has 0 unspecified atom stereocenters. The molecule has 0 heterocycles. The zero-order valence-electron chi connectivity index (χ0n) is 10.5. The fourth-order valence-electron chi connectivity index (χ4n) is 1.65. The van der Waals surface area contributed by atoms with Crippen LogP contribution in [0.2, 0.25) is 0 Å². The fraction of sp³-hybridized carbons (Fsp3) is 0. The highest BCUT2D eigenvalue weighted by atomic mass is 19.1. The van der Waals surface area contributed by atoms with Crippen LogP contribution >= 0.6 is 0 Å². The molecule has 21 heavy (non-hydrogen) atoms. The molecule has 2 aromatic carbocycles. The molecule has 108 valence electrons. The fourth-order valence-corrected chi connectivity index (χ4v) is 1.65. The second-order valence-corrected chi connectivity index (χ2v) is 4.02. The van der Waals surface area contributed by atoms with E-state index in [2.05, 4.69) is 10.6 Å². The molecular formula is C13H10FN3O4. The molecule has 8 heteroatoms. The zero-order valence-corrected chi connectivity index (χ0v) is 10.5. The van der Waals surface area contributed by atoms with Gasteiger partial charge in [-0.2, -0.15) is 0 Å². The van der Waals surface area contributed by atoms with Crippen LogP contribution in [0.15, 0.2) is 42.5 Å². The lowest BCUT2D eigenvalue weighted by molar-refractivity contribution is -0.384. The minimum absolute atomic E-state index is 0.172. The predicted octanol–water partition coefficient (Wildman–Crippen LogP) is 3.08. The Kier molecular flexibility index (Phi) is 3.98. The van der Waals surface area contributed by atoms with Crippen LogP contribution in [0.1, 0.15) is 0 Å². The monoisotopic (exact) mass is 291 g/mol. The lowest BCUT2D eigenvalue weighted by Crippen LogP contribution is -2.20. The maximum absolute atomic E-state index is 13.0. The van der Waals surface area contributed by atoms with Gasteiger partial charge >= 0.3 is 6.03 Å². The number of nitrogens with zero attached hydrogens (tertiary/aromatic N) is 1. The first-order valence-corrected chi connectivity index (χ1v) is 5.77. The van der Waals surface area contributed by atoms with Crippen LogP contribution in [-0.4, -0.2) is 16.1 Å². The average molecular weight is 291 g/mol. The van der Waals surface area contributed by atoms with E-state index in [4.69, 9.17) is 0 Å². The standard InChI is InChI=1S/C13H10FN3O4/c14-8-3-1-4-9(7-8)15-13(19)16-12-10(17(20)21)5-2-6-11(12)18/h1-7,18H,(H2,15,16,19). The van der Waals surface area contributed by atoms with Crippen molar-refractivity contribution in [3.63, 3.8) is 0 Å². The van der Waals surface area contributed by atoms with Crippen LogP contribution in [-0.2, 0) is 0 Å². The van der Waals surface area contributed by atoms with Crippen molar-refractivity contribution in [2.24, 2.45) is 0 Å². The summed E-state index contributed by atoms with van der Waals surface area (Å²) < 4.78 is 13.0. The Morgan fingerprint density at radius 2 is 1.90 bits per heavy atom.